The van der Waals surface area contributed by atoms with Crippen molar-refractivity contribution >= 4 is 6.03 Å². The zero-order valence-electron chi connectivity index (χ0n) is 6.76. The molecule has 0 radical (unpaired) electrons. The van der Waals surface area contributed by atoms with Gasteiger partial charge in [-0.2, -0.15) is 0 Å². The molecule has 4 heteroatoms. The van der Waals surface area contributed by atoms with E-state index in [1.807, 2.05) is 6.08 Å². The summed E-state index contributed by atoms with van der Waals surface area (Å²) >= 11 is 0. The number of rotatable bonds is 5. The second-order valence-corrected chi connectivity index (χ2v) is 2.18. The SMILES string of the molecule is CCCC/C=C/NNC(N)=O. The van der Waals surface area contributed by atoms with Gasteiger partial charge in [-0.15, -0.1) is 0 Å². The third kappa shape index (κ3) is 8.81. The summed E-state index contributed by atoms with van der Waals surface area (Å²) < 4.78 is 0. The first-order chi connectivity index (χ1) is 5.27. The summed E-state index contributed by atoms with van der Waals surface area (Å²) in [6.45, 7) is 2.13. The Morgan fingerprint density at radius 3 is 2.91 bits per heavy atom. The van der Waals surface area contributed by atoms with Crippen molar-refractivity contribution in [2.75, 3.05) is 0 Å². The van der Waals surface area contributed by atoms with E-state index >= 15 is 0 Å². The van der Waals surface area contributed by atoms with E-state index in [4.69, 9.17) is 5.73 Å². The standard InChI is InChI=1S/C7H15N3O/c1-2-3-4-5-6-9-10-7(8)11/h5-6,9H,2-4H2,1H3,(H3,8,10,11)/b6-5+. The molecule has 64 valence electrons. The molecule has 0 aliphatic rings. The third-order valence-electron chi connectivity index (χ3n) is 1.12. The van der Waals surface area contributed by atoms with Crippen LogP contribution in [0.5, 0.6) is 0 Å². The summed E-state index contributed by atoms with van der Waals surface area (Å²) in [5.74, 6) is 0. The third-order valence-corrected chi connectivity index (χ3v) is 1.12. The molecule has 0 aromatic rings. The minimum atomic E-state index is -0.579. The molecule has 0 aliphatic heterocycles. The maximum Gasteiger partial charge on any atom is 0.330 e. The van der Waals surface area contributed by atoms with Gasteiger partial charge in [0.15, 0.2) is 0 Å². The lowest BCUT2D eigenvalue weighted by Crippen LogP contribution is -2.37. The van der Waals surface area contributed by atoms with Crippen LogP contribution in [0.3, 0.4) is 0 Å². The highest BCUT2D eigenvalue weighted by molar-refractivity contribution is 5.70. The number of urea groups is 1. The first-order valence-corrected chi connectivity index (χ1v) is 3.73. The number of hydrogen-bond acceptors (Lipinski definition) is 2. The van der Waals surface area contributed by atoms with E-state index in [0.717, 1.165) is 12.8 Å². The fraction of sp³-hybridized carbons (Fsp3) is 0.571. The van der Waals surface area contributed by atoms with Crippen LogP contribution in [0, 0.1) is 0 Å². The molecule has 0 aliphatic carbocycles. The Morgan fingerprint density at radius 2 is 2.36 bits per heavy atom. The highest BCUT2D eigenvalue weighted by Gasteiger charge is 1.82. The lowest BCUT2D eigenvalue weighted by atomic mass is 10.2. The van der Waals surface area contributed by atoms with Gasteiger partial charge in [0.05, 0.1) is 0 Å². The quantitative estimate of drug-likeness (QED) is 0.409. The number of allylic oxidation sites excluding steroid dienone is 1. The number of nitrogens with two attached hydrogens (primary N) is 1. The molecule has 4 N–H and O–H groups in total. The fourth-order valence-electron chi connectivity index (χ4n) is 0.577. The number of carbonyl (C=O) groups excluding carboxylic acids is 1. The van der Waals surface area contributed by atoms with Crippen molar-refractivity contribution in [2.45, 2.75) is 26.2 Å². The van der Waals surface area contributed by atoms with Gasteiger partial charge in [0.25, 0.3) is 0 Å². The summed E-state index contributed by atoms with van der Waals surface area (Å²) in [5, 5.41) is 0. The highest BCUT2D eigenvalue weighted by atomic mass is 16.2. The molecule has 0 aromatic carbocycles. The van der Waals surface area contributed by atoms with Crippen molar-refractivity contribution in [3.05, 3.63) is 12.3 Å². The molecule has 0 saturated heterocycles. The molecule has 4 nitrogen and oxygen atoms in total. The molecule has 0 aromatic heterocycles. The smallest absolute Gasteiger partial charge is 0.330 e. The van der Waals surface area contributed by atoms with Crippen molar-refractivity contribution in [3.8, 4) is 0 Å². The van der Waals surface area contributed by atoms with E-state index in [9.17, 15) is 4.79 Å². The Balaban J connectivity index is 3.10. The van der Waals surface area contributed by atoms with Crippen LogP contribution in [0.15, 0.2) is 12.3 Å². The lowest BCUT2D eigenvalue weighted by molar-refractivity contribution is 0.246. The Labute approximate surface area is 66.8 Å². The van der Waals surface area contributed by atoms with Crippen LogP contribution in [0.2, 0.25) is 0 Å². The highest BCUT2D eigenvalue weighted by Crippen LogP contribution is 1.92. The van der Waals surface area contributed by atoms with Gasteiger partial charge >= 0.3 is 6.03 Å². The topological polar surface area (TPSA) is 67.2 Å². The zero-order chi connectivity index (χ0) is 8.53. The van der Waals surface area contributed by atoms with Gasteiger partial charge in [-0.1, -0.05) is 25.8 Å². The minimum absolute atomic E-state index is 0.579. The predicted octanol–water partition coefficient (Wildman–Crippen LogP) is 0.863. The van der Waals surface area contributed by atoms with Crippen LogP contribution in [-0.4, -0.2) is 6.03 Å². The molecular weight excluding hydrogens is 142 g/mol. The summed E-state index contributed by atoms with van der Waals surface area (Å²) in [6, 6.07) is -0.579. The van der Waals surface area contributed by atoms with Gasteiger partial charge in [0.1, 0.15) is 0 Å². The second kappa shape index (κ2) is 6.92. The van der Waals surface area contributed by atoms with Gasteiger partial charge in [-0.25, -0.2) is 4.79 Å². The molecule has 2 amide bonds. The van der Waals surface area contributed by atoms with Gasteiger partial charge in [-0.3, -0.25) is 5.43 Å². The molecule has 0 rings (SSSR count). The van der Waals surface area contributed by atoms with Crippen molar-refractivity contribution < 1.29 is 4.79 Å². The van der Waals surface area contributed by atoms with Crippen LogP contribution < -0.4 is 16.6 Å². The normalized spacial score (nSPS) is 9.91. The van der Waals surface area contributed by atoms with Crippen LogP contribution in [0.25, 0.3) is 0 Å². The number of primary amides is 1. The molecule has 0 atom stereocenters. The average molecular weight is 157 g/mol. The Hall–Kier alpha value is -1.19. The number of unbranched alkanes of at least 4 members (excludes halogenated alkanes) is 2. The molecule has 0 fully saturated rings. The van der Waals surface area contributed by atoms with Gasteiger partial charge in [0, 0.05) is 6.20 Å². The summed E-state index contributed by atoms with van der Waals surface area (Å²) in [4.78, 5) is 10.1. The summed E-state index contributed by atoms with van der Waals surface area (Å²) in [5.41, 5.74) is 9.55. The number of hydrazine groups is 1. The van der Waals surface area contributed by atoms with Crippen molar-refractivity contribution in [3.63, 3.8) is 0 Å². The number of carbonyl (C=O) groups is 1. The number of nitrogens with one attached hydrogen (secondary N) is 2. The first-order valence-electron chi connectivity index (χ1n) is 3.73. The Kier molecular flexibility index (Phi) is 6.17. The van der Waals surface area contributed by atoms with E-state index in [1.165, 1.54) is 6.42 Å². The summed E-state index contributed by atoms with van der Waals surface area (Å²) in [6.07, 6.45) is 6.96. The largest absolute Gasteiger partial charge is 0.350 e. The molecule has 0 spiro atoms. The molecule has 0 bridgehead atoms. The van der Waals surface area contributed by atoms with Gasteiger partial charge in [-0.05, 0) is 6.42 Å². The number of amides is 2. The monoisotopic (exact) mass is 157 g/mol. The van der Waals surface area contributed by atoms with E-state index in [2.05, 4.69) is 17.8 Å². The molecule has 0 heterocycles. The van der Waals surface area contributed by atoms with Crippen LogP contribution in [0.4, 0.5) is 4.79 Å². The molecule has 0 unspecified atom stereocenters. The maximum absolute atomic E-state index is 10.1. The molecule has 0 saturated carbocycles. The Bertz CT molecular complexity index is 134. The fourth-order valence-corrected chi connectivity index (χ4v) is 0.577. The van der Waals surface area contributed by atoms with Crippen LogP contribution in [0.1, 0.15) is 26.2 Å². The van der Waals surface area contributed by atoms with E-state index in [1.54, 1.807) is 6.20 Å². The number of hydrogen-bond donors (Lipinski definition) is 3. The maximum atomic E-state index is 10.1. The van der Waals surface area contributed by atoms with E-state index in [0.29, 0.717) is 0 Å². The first kappa shape index (κ1) is 9.81. The molecular formula is C7H15N3O. The van der Waals surface area contributed by atoms with Gasteiger partial charge in [0.2, 0.25) is 0 Å². The van der Waals surface area contributed by atoms with E-state index < -0.39 is 6.03 Å². The minimum Gasteiger partial charge on any atom is -0.350 e. The zero-order valence-corrected chi connectivity index (χ0v) is 6.76. The predicted molar refractivity (Wildman–Crippen MR) is 44.5 cm³/mol. The summed E-state index contributed by atoms with van der Waals surface area (Å²) in [7, 11) is 0. The van der Waals surface area contributed by atoms with Crippen LogP contribution in [-0.2, 0) is 0 Å². The lowest BCUT2D eigenvalue weighted by Gasteiger charge is -1.97. The van der Waals surface area contributed by atoms with Crippen molar-refractivity contribution in [2.24, 2.45) is 5.73 Å². The van der Waals surface area contributed by atoms with E-state index in [-0.39, 0.29) is 0 Å². The van der Waals surface area contributed by atoms with Crippen molar-refractivity contribution in [1.29, 1.82) is 0 Å². The molecule has 11 heavy (non-hydrogen) atoms. The van der Waals surface area contributed by atoms with Crippen molar-refractivity contribution in [1.82, 2.24) is 10.9 Å². The second-order valence-electron chi connectivity index (χ2n) is 2.18. The van der Waals surface area contributed by atoms with Gasteiger partial charge < -0.3 is 11.2 Å². The van der Waals surface area contributed by atoms with Crippen LogP contribution >= 0.6 is 0 Å². The Morgan fingerprint density at radius 1 is 1.64 bits per heavy atom. The average Bonchev–Trinajstić information content (AvgIpc) is 1.96.